The van der Waals surface area contributed by atoms with E-state index in [9.17, 15) is 8.42 Å². The molecule has 4 rings (SSSR count). The van der Waals surface area contributed by atoms with Crippen molar-refractivity contribution in [1.82, 2.24) is 9.97 Å². The summed E-state index contributed by atoms with van der Waals surface area (Å²) in [5.74, 6) is 0. The molecule has 0 spiro atoms. The zero-order valence-corrected chi connectivity index (χ0v) is 17.7. The maximum Gasteiger partial charge on any atom is 0.261 e. The highest BCUT2D eigenvalue weighted by molar-refractivity contribution is 7.99. The van der Waals surface area contributed by atoms with E-state index in [0.29, 0.717) is 5.69 Å². The Morgan fingerprint density at radius 3 is 2.54 bits per heavy atom. The normalized spacial score (nSPS) is 11.6. The highest BCUT2D eigenvalue weighted by Crippen LogP contribution is 2.38. The van der Waals surface area contributed by atoms with Crippen molar-refractivity contribution in [2.45, 2.75) is 28.7 Å². The standard InChI is InChI=1S/C20H17N3O2S3/c1-13-7-9-15(10-8-13)28(24,25)23-16-5-3-4-6-17(16)27-20-18-14(2)11-26-19(18)21-12-22-20/h3-12,23H,1-2H3. The van der Waals surface area contributed by atoms with E-state index >= 15 is 0 Å². The molecule has 0 unspecified atom stereocenters. The van der Waals surface area contributed by atoms with E-state index in [-0.39, 0.29) is 4.90 Å². The lowest BCUT2D eigenvalue weighted by molar-refractivity contribution is 0.601. The van der Waals surface area contributed by atoms with E-state index in [1.165, 1.54) is 11.8 Å². The number of nitrogens with one attached hydrogen (secondary N) is 1. The molecular formula is C20H17N3O2S3. The number of rotatable bonds is 5. The van der Waals surface area contributed by atoms with Gasteiger partial charge in [-0.2, -0.15) is 0 Å². The van der Waals surface area contributed by atoms with Crippen molar-refractivity contribution in [1.29, 1.82) is 0 Å². The average molecular weight is 428 g/mol. The van der Waals surface area contributed by atoms with Crippen LogP contribution < -0.4 is 4.72 Å². The number of nitrogens with zero attached hydrogens (tertiary/aromatic N) is 2. The van der Waals surface area contributed by atoms with Gasteiger partial charge in [-0.1, -0.05) is 41.6 Å². The molecule has 0 aliphatic heterocycles. The van der Waals surface area contributed by atoms with Gasteiger partial charge in [0, 0.05) is 10.3 Å². The lowest BCUT2D eigenvalue weighted by atomic mass is 10.2. The van der Waals surface area contributed by atoms with E-state index in [4.69, 9.17) is 0 Å². The maximum atomic E-state index is 12.8. The summed E-state index contributed by atoms with van der Waals surface area (Å²) in [4.78, 5) is 10.7. The van der Waals surface area contributed by atoms with Crippen LogP contribution in [-0.4, -0.2) is 18.4 Å². The minimum Gasteiger partial charge on any atom is -0.278 e. The predicted molar refractivity (Wildman–Crippen MR) is 115 cm³/mol. The molecule has 2 aromatic carbocycles. The van der Waals surface area contributed by atoms with Crippen molar-refractivity contribution in [3.8, 4) is 0 Å². The molecule has 0 saturated heterocycles. The van der Waals surface area contributed by atoms with Crippen LogP contribution in [0.1, 0.15) is 11.1 Å². The Balaban J connectivity index is 1.69. The van der Waals surface area contributed by atoms with Gasteiger partial charge in [0.15, 0.2) is 0 Å². The Morgan fingerprint density at radius 1 is 1.00 bits per heavy atom. The fourth-order valence-corrected chi connectivity index (χ4v) is 5.87. The second-order valence-electron chi connectivity index (χ2n) is 6.29. The summed E-state index contributed by atoms with van der Waals surface area (Å²) >= 11 is 3.00. The molecule has 5 nitrogen and oxygen atoms in total. The van der Waals surface area contributed by atoms with E-state index in [1.807, 2.05) is 32.0 Å². The van der Waals surface area contributed by atoms with Crippen LogP contribution in [0.15, 0.2) is 75.1 Å². The minimum atomic E-state index is -3.68. The number of benzene rings is 2. The van der Waals surface area contributed by atoms with Crippen molar-refractivity contribution < 1.29 is 8.42 Å². The zero-order valence-electron chi connectivity index (χ0n) is 15.2. The second kappa shape index (κ2) is 7.54. The van der Waals surface area contributed by atoms with Gasteiger partial charge in [0.05, 0.1) is 10.6 Å². The van der Waals surface area contributed by atoms with Crippen molar-refractivity contribution in [2.75, 3.05) is 4.72 Å². The Kier molecular flexibility index (Phi) is 5.09. The van der Waals surface area contributed by atoms with E-state index in [1.54, 1.807) is 48.0 Å². The largest absolute Gasteiger partial charge is 0.278 e. The van der Waals surface area contributed by atoms with Crippen LogP contribution >= 0.6 is 23.1 Å². The van der Waals surface area contributed by atoms with Gasteiger partial charge < -0.3 is 0 Å². The number of anilines is 1. The Bertz CT molecular complexity index is 1250. The lowest BCUT2D eigenvalue weighted by Gasteiger charge is -2.12. The van der Waals surface area contributed by atoms with Crippen LogP contribution in [0, 0.1) is 13.8 Å². The van der Waals surface area contributed by atoms with E-state index in [0.717, 1.165) is 31.3 Å². The van der Waals surface area contributed by atoms with Crippen molar-refractivity contribution in [3.63, 3.8) is 0 Å². The third-order valence-corrected chi connectivity index (χ3v) is 7.65. The number of thiophene rings is 1. The van der Waals surface area contributed by atoms with Crippen LogP contribution in [0.4, 0.5) is 5.69 Å². The fourth-order valence-electron chi connectivity index (χ4n) is 2.73. The smallest absolute Gasteiger partial charge is 0.261 e. The summed E-state index contributed by atoms with van der Waals surface area (Å²) in [6.45, 7) is 3.95. The fraction of sp³-hybridized carbons (Fsp3) is 0.100. The van der Waals surface area contributed by atoms with Gasteiger partial charge in [0.2, 0.25) is 0 Å². The molecule has 2 heterocycles. The highest BCUT2D eigenvalue weighted by Gasteiger charge is 2.17. The van der Waals surface area contributed by atoms with Crippen molar-refractivity contribution in [3.05, 3.63) is 71.4 Å². The number of hydrogen-bond acceptors (Lipinski definition) is 6. The third kappa shape index (κ3) is 3.76. The minimum absolute atomic E-state index is 0.232. The van der Waals surface area contributed by atoms with E-state index < -0.39 is 10.0 Å². The number of aromatic nitrogens is 2. The molecule has 0 fully saturated rings. The van der Waals surface area contributed by atoms with Crippen LogP contribution in [0.25, 0.3) is 10.2 Å². The second-order valence-corrected chi connectivity index (χ2v) is 9.87. The summed E-state index contributed by atoms with van der Waals surface area (Å²) < 4.78 is 28.3. The van der Waals surface area contributed by atoms with Crippen LogP contribution in [0.2, 0.25) is 0 Å². The van der Waals surface area contributed by atoms with Gasteiger partial charge in [-0.3, -0.25) is 4.72 Å². The van der Waals surface area contributed by atoms with Gasteiger partial charge in [-0.25, -0.2) is 18.4 Å². The third-order valence-electron chi connectivity index (χ3n) is 4.19. The van der Waals surface area contributed by atoms with Gasteiger partial charge in [-0.15, -0.1) is 11.3 Å². The monoisotopic (exact) mass is 427 g/mol. The molecule has 4 aromatic rings. The number of sulfonamides is 1. The molecule has 0 aliphatic rings. The molecule has 0 aliphatic carbocycles. The first-order valence-electron chi connectivity index (χ1n) is 8.49. The van der Waals surface area contributed by atoms with Gasteiger partial charge in [-0.05, 0) is 49.1 Å². The summed E-state index contributed by atoms with van der Waals surface area (Å²) in [5.41, 5.74) is 2.64. The first-order chi connectivity index (χ1) is 13.4. The highest BCUT2D eigenvalue weighted by atomic mass is 32.2. The predicted octanol–water partition coefficient (Wildman–Crippen LogP) is 5.26. The van der Waals surface area contributed by atoms with Crippen molar-refractivity contribution in [2.24, 2.45) is 0 Å². The van der Waals surface area contributed by atoms with Gasteiger partial charge in [0.1, 0.15) is 16.2 Å². The average Bonchev–Trinajstić information content (AvgIpc) is 3.06. The number of fused-ring (bicyclic) bond motifs is 1. The van der Waals surface area contributed by atoms with E-state index in [2.05, 4.69) is 20.1 Å². The molecule has 0 saturated carbocycles. The molecule has 8 heteroatoms. The quantitative estimate of drug-likeness (QED) is 0.440. The SMILES string of the molecule is Cc1ccc(S(=O)(=O)Nc2ccccc2Sc2ncnc3scc(C)c23)cc1. The Hall–Kier alpha value is -2.42. The maximum absolute atomic E-state index is 12.8. The molecule has 0 bridgehead atoms. The summed E-state index contributed by atoms with van der Waals surface area (Å²) in [6, 6.07) is 14.1. The molecule has 0 atom stereocenters. The Labute approximate surface area is 171 Å². The molecular weight excluding hydrogens is 410 g/mol. The number of aryl methyl sites for hydroxylation is 2. The number of hydrogen-bond donors (Lipinski definition) is 1. The van der Waals surface area contributed by atoms with Gasteiger partial charge in [0.25, 0.3) is 10.0 Å². The molecule has 2 aromatic heterocycles. The summed E-state index contributed by atoms with van der Waals surface area (Å²) in [6.07, 6.45) is 1.54. The summed E-state index contributed by atoms with van der Waals surface area (Å²) in [7, 11) is -3.68. The van der Waals surface area contributed by atoms with Crippen LogP contribution in [-0.2, 0) is 10.0 Å². The lowest BCUT2D eigenvalue weighted by Crippen LogP contribution is -2.13. The molecule has 28 heavy (non-hydrogen) atoms. The molecule has 142 valence electrons. The van der Waals surface area contributed by atoms with Crippen molar-refractivity contribution >= 4 is 49.0 Å². The topological polar surface area (TPSA) is 72.0 Å². The Morgan fingerprint density at radius 2 is 1.75 bits per heavy atom. The first-order valence-corrected chi connectivity index (χ1v) is 11.7. The number of para-hydroxylation sites is 1. The first kappa shape index (κ1) is 18.9. The molecule has 0 radical (unpaired) electrons. The zero-order chi connectivity index (χ0) is 19.7. The van der Waals surface area contributed by atoms with Crippen LogP contribution in [0.3, 0.4) is 0 Å². The molecule has 1 N–H and O–H groups in total. The summed E-state index contributed by atoms with van der Waals surface area (Å²) in [5, 5.41) is 3.87. The van der Waals surface area contributed by atoms with Gasteiger partial charge >= 0.3 is 0 Å². The van der Waals surface area contributed by atoms with Crippen LogP contribution in [0.5, 0.6) is 0 Å². The molecule has 0 amide bonds.